The van der Waals surface area contributed by atoms with Crippen LogP contribution in [0.4, 0.5) is 5.69 Å². The van der Waals surface area contributed by atoms with Crippen molar-refractivity contribution in [3.05, 3.63) is 89.4 Å². The molecule has 8 heteroatoms. The molecule has 33 heavy (non-hydrogen) atoms. The van der Waals surface area contributed by atoms with Crippen LogP contribution in [0.3, 0.4) is 0 Å². The molecule has 2 aromatic heterocycles. The van der Waals surface area contributed by atoms with Gasteiger partial charge >= 0.3 is 5.97 Å². The second kappa shape index (κ2) is 9.86. The van der Waals surface area contributed by atoms with E-state index in [9.17, 15) is 9.59 Å². The largest absolute Gasteiger partial charge is 0.493 e. The lowest BCUT2D eigenvalue weighted by Crippen LogP contribution is -2.28. The summed E-state index contributed by atoms with van der Waals surface area (Å²) in [5, 5.41) is 3.50. The Morgan fingerprint density at radius 1 is 1.06 bits per heavy atom. The van der Waals surface area contributed by atoms with Crippen LogP contribution < -0.4 is 15.6 Å². The normalized spacial score (nSPS) is 11.4. The van der Waals surface area contributed by atoms with Crippen molar-refractivity contribution in [2.24, 2.45) is 4.99 Å². The standard InChI is InChI=1S/C25H22N2O6/c1-3-31-25(29)16-9-11-18(12-10-16)27-24-20(23(28)26-15-19-7-5-13-32-19)14-17-6-4-8-21(30-2)22(17)33-24/h4-14H,3,15H2,1-2H3,(H,26,28). The number of esters is 1. The summed E-state index contributed by atoms with van der Waals surface area (Å²) in [5.41, 5.74) is 1.72. The van der Waals surface area contributed by atoms with Gasteiger partial charge in [-0.25, -0.2) is 9.79 Å². The first-order chi connectivity index (χ1) is 16.1. The molecule has 0 saturated carbocycles. The van der Waals surface area contributed by atoms with Crippen molar-refractivity contribution in [1.29, 1.82) is 0 Å². The van der Waals surface area contributed by atoms with Gasteiger partial charge in [0.25, 0.3) is 5.91 Å². The van der Waals surface area contributed by atoms with Crippen LogP contribution in [-0.2, 0) is 11.3 Å². The summed E-state index contributed by atoms with van der Waals surface area (Å²) in [4.78, 5) is 29.4. The SMILES string of the molecule is CCOC(=O)c1ccc(N=c2oc3c(OC)cccc3cc2C(=O)NCc2ccco2)cc1. The summed E-state index contributed by atoms with van der Waals surface area (Å²) in [6.07, 6.45) is 1.54. The van der Waals surface area contributed by atoms with Crippen LogP contribution in [-0.4, -0.2) is 25.6 Å². The third-order valence-electron chi connectivity index (χ3n) is 4.82. The Labute approximate surface area is 189 Å². The fraction of sp³-hybridized carbons (Fsp3) is 0.160. The van der Waals surface area contributed by atoms with Crippen LogP contribution in [0.15, 0.2) is 80.8 Å². The van der Waals surface area contributed by atoms with Crippen LogP contribution >= 0.6 is 0 Å². The Balaban J connectivity index is 1.76. The molecule has 1 amide bonds. The minimum atomic E-state index is -0.415. The highest BCUT2D eigenvalue weighted by Gasteiger charge is 2.15. The molecule has 4 aromatic rings. The number of benzene rings is 2. The molecule has 0 bridgehead atoms. The van der Waals surface area contributed by atoms with Gasteiger partial charge in [0.05, 0.1) is 37.8 Å². The second-order valence-corrected chi connectivity index (χ2v) is 6.99. The van der Waals surface area contributed by atoms with Crippen molar-refractivity contribution in [2.45, 2.75) is 13.5 Å². The topological polar surface area (TPSA) is 103 Å². The zero-order chi connectivity index (χ0) is 23.2. The van der Waals surface area contributed by atoms with Gasteiger partial charge in [0, 0.05) is 5.39 Å². The molecule has 1 N–H and O–H groups in total. The predicted octanol–water partition coefficient (Wildman–Crippen LogP) is 4.37. The minimum absolute atomic E-state index is 0.104. The average Bonchev–Trinajstić information content (AvgIpc) is 3.36. The Morgan fingerprint density at radius 3 is 2.58 bits per heavy atom. The van der Waals surface area contributed by atoms with E-state index in [1.807, 2.05) is 12.1 Å². The number of hydrogen-bond donors (Lipinski definition) is 1. The highest BCUT2D eigenvalue weighted by molar-refractivity contribution is 5.97. The van der Waals surface area contributed by atoms with E-state index in [0.717, 1.165) is 0 Å². The molecule has 0 spiro atoms. The van der Waals surface area contributed by atoms with Crippen LogP contribution in [0.25, 0.3) is 11.0 Å². The maximum atomic E-state index is 13.0. The molecular weight excluding hydrogens is 424 g/mol. The molecule has 2 aromatic carbocycles. The smallest absolute Gasteiger partial charge is 0.338 e. The Kier molecular flexibility index (Phi) is 6.54. The van der Waals surface area contributed by atoms with Gasteiger partial charge < -0.3 is 23.6 Å². The van der Waals surface area contributed by atoms with Crippen molar-refractivity contribution in [1.82, 2.24) is 5.32 Å². The summed E-state index contributed by atoms with van der Waals surface area (Å²) in [5.74, 6) is 0.351. The fourth-order valence-electron chi connectivity index (χ4n) is 3.21. The first-order valence-electron chi connectivity index (χ1n) is 10.3. The van der Waals surface area contributed by atoms with Crippen LogP contribution in [0, 0.1) is 0 Å². The molecule has 4 rings (SSSR count). The van der Waals surface area contributed by atoms with Gasteiger partial charge in [-0.2, -0.15) is 0 Å². The molecule has 168 valence electrons. The van der Waals surface area contributed by atoms with Gasteiger partial charge in [-0.1, -0.05) is 12.1 Å². The molecule has 0 fully saturated rings. The van der Waals surface area contributed by atoms with E-state index in [4.69, 9.17) is 18.3 Å². The summed E-state index contributed by atoms with van der Waals surface area (Å²) in [7, 11) is 1.54. The maximum absolute atomic E-state index is 13.0. The Hall–Kier alpha value is -4.33. The van der Waals surface area contributed by atoms with Gasteiger partial charge in [0.1, 0.15) is 11.3 Å². The second-order valence-electron chi connectivity index (χ2n) is 6.99. The average molecular weight is 446 g/mol. The number of fused-ring (bicyclic) bond motifs is 1. The van der Waals surface area contributed by atoms with Crippen LogP contribution in [0.5, 0.6) is 5.75 Å². The lowest BCUT2D eigenvalue weighted by atomic mass is 10.1. The highest BCUT2D eigenvalue weighted by Crippen LogP contribution is 2.25. The van der Waals surface area contributed by atoms with Crippen molar-refractivity contribution in [2.75, 3.05) is 13.7 Å². The number of nitrogens with one attached hydrogen (secondary N) is 1. The number of methoxy groups -OCH3 is 1. The molecule has 0 aliphatic heterocycles. The third-order valence-corrected chi connectivity index (χ3v) is 4.82. The van der Waals surface area contributed by atoms with E-state index in [-0.39, 0.29) is 23.6 Å². The van der Waals surface area contributed by atoms with E-state index in [1.54, 1.807) is 68.8 Å². The van der Waals surface area contributed by atoms with Gasteiger partial charge in [-0.15, -0.1) is 0 Å². The number of rotatable bonds is 7. The first kappa shape index (κ1) is 21.9. The van der Waals surface area contributed by atoms with E-state index >= 15 is 0 Å². The summed E-state index contributed by atoms with van der Waals surface area (Å²) < 4.78 is 21.7. The maximum Gasteiger partial charge on any atom is 0.338 e. The molecule has 0 unspecified atom stereocenters. The molecule has 2 heterocycles. The van der Waals surface area contributed by atoms with Crippen LogP contribution in [0.1, 0.15) is 33.4 Å². The highest BCUT2D eigenvalue weighted by atomic mass is 16.5. The van der Waals surface area contributed by atoms with E-state index in [2.05, 4.69) is 10.3 Å². The van der Waals surface area contributed by atoms with Gasteiger partial charge in [0.15, 0.2) is 11.3 Å². The van der Waals surface area contributed by atoms with Crippen molar-refractivity contribution < 1.29 is 27.9 Å². The van der Waals surface area contributed by atoms with Gasteiger partial charge in [-0.05, 0) is 55.5 Å². The molecule has 0 aliphatic rings. The van der Waals surface area contributed by atoms with Crippen molar-refractivity contribution in [3.8, 4) is 5.75 Å². The van der Waals surface area contributed by atoms with E-state index < -0.39 is 5.97 Å². The molecule has 0 aliphatic carbocycles. The number of ether oxygens (including phenoxy) is 2. The summed E-state index contributed by atoms with van der Waals surface area (Å²) in [6.45, 7) is 2.25. The fourth-order valence-corrected chi connectivity index (χ4v) is 3.21. The molecule has 0 atom stereocenters. The van der Waals surface area contributed by atoms with Gasteiger partial charge in [-0.3, -0.25) is 4.79 Å². The monoisotopic (exact) mass is 446 g/mol. The summed E-state index contributed by atoms with van der Waals surface area (Å²) in [6, 6.07) is 17.1. The zero-order valence-electron chi connectivity index (χ0n) is 18.2. The molecular formula is C25H22N2O6. The number of amides is 1. The van der Waals surface area contributed by atoms with E-state index in [0.29, 0.717) is 40.3 Å². The molecule has 0 radical (unpaired) electrons. The predicted molar refractivity (Wildman–Crippen MR) is 120 cm³/mol. The van der Waals surface area contributed by atoms with Crippen molar-refractivity contribution >= 4 is 28.5 Å². The number of carbonyl (C=O) groups excluding carboxylic acids is 2. The minimum Gasteiger partial charge on any atom is -0.493 e. The molecule has 8 nitrogen and oxygen atoms in total. The number of carbonyl (C=O) groups is 2. The number of furan rings is 1. The zero-order valence-corrected chi connectivity index (χ0v) is 18.2. The lowest BCUT2D eigenvalue weighted by Gasteiger charge is -2.08. The Morgan fingerprint density at radius 2 is 1.88 bits per heavy atom. The van der Waals surface area contributed by atoms with E-state index in [1.165, 1.54) is 0 Å². The lowest BCUT2D eigenvalue weighted by molar-refractivity contribution is 0.0526. The first-order valence-corrected chi connectivity index (χ1v) is 10.3. The third kappa shape index (κ3) is 4.95. The number of hydrogen-bond acceptors (Lipinski definition) is 7. The Bertz CT molecular complexity index is 1340. The van der Waals surface area contributed by atoms with Crippen molar-refractivity contribution in [3.63, 3.8) is 0 Å². The van der Waals surface area contributed by atoms with Crippen LogP contribution in [0.2, 0.25) is 0 Å². The van der Waals surface area contributed by atoms with Gasteiger partial charge in [0.2, 0.25) is 5.55 Å². The number of nitrogens with zero attached hydrogens (tertiary/aromatic N) is 1. The number of para-hydroxylation sites is 1. The quantitative estimate of drug-likeness (QED) is 0.423. The summed E-state index contributed by atoms with van der Waals surface area (Å²) >= 11 is 0. The molecule has 0 saturated heterocycles.